The molecule has 35 heavy (non-hydrogen) atoms. The van der Waals surface area contributed by atoms with Crippen molar-refractivity contribution in [2.75, 3.05) is 27.4 Å². The number of hydrogen-bond acceptors (Lipinski definition) is 4. The monoisotopic (exact) mass is 494 g/mol. The molecule has 0 saturated heterocycles. The molecule has 3 rings (SSSR count). The van der Waals surface area contributed by atoms with Crippen LogP contribution in [-0.4, -0.2) is 50.1 Å². The Bertz CT molecular complexity index is 1070. The molecule has 0 fully saturated rings. The van der Waals surface area contributed by atoms with Gasteiger partial charge < -0.3 is 19.7 Å². The van der Waals surface area contributed by atoms with Crippen molar-refractivity contribution in [1.82, 2.24) is 10.2 Å². The van der Waals surface area contributed by atoms with Crippen LogP contribution in [0.3, 0.4) is 0 Å². The first-order valence-electron chi connectivity index (χ1n) is 11.5. The van der Waals surface area contributed by atoms with Gasteiger partial charge in [0.2, 0.25) is 11.8 Å². The van der Waals surface area contributed by atoms with Crippen LogP contribution in [-0.2, 0) is 33.7 Å². The SMILES string of the molecule is COCCNC(=O)C(Cc1ccccc1)N(Cc1ccc(OC)cc1)C(=O)Cc1ccc(Cl)cc1. The molecule has 3 aromatic rings. The molecule has 0 saturated carbocycles. The number of rotatable bonds is 12. The van der Waals surface area contributed by atoms with Gasteiger partial charge in [0.15, 0.2) is 0 Å². The van der Waals surface area contributed by atoms with E-state index in [-0.39, 0.29) is 24.8 Å². The van der Waals surface area contributed by atoms with Crippen molar-refractivity contribution in [1.29, 1.82) is 0 Å². The third-order valence-electron chi connectivity index (χ3n) is 5.66. The van der Waals surface area contributed by atoms with Gasteiger partial charge in [-0.05, 0) is 41.0 Å². The van der Waals surface area contributed by atoms with Gasteiger partial charge in [0, 0.05) is 31.6 Å². The molecule has 0 bridgehead atoms. The summed E-state index contributed by atoms with van der Waals surface area (Å²) in [4.78, 5) is 28.7. The van der Waals surface area contributed by atoms with Gasteiger partial charge in [-0.3, -0.25) is 9.59 Å². The Morgan fingerprint density at radius 2 is 1.54 bits per heavy atom. The highest BCUT2D eigenvalue weighted by atomic mass is 35.5. The van der Waals surface area contributed by atoms with Crippen LogP contribution < -0.4 is 10.1 Å². The summed E-state index contributed by atoms with van der Waals surface area (Å²) in [5.41, 5.74) is 2.70. The number of ether oxygens (including phenoxy) is 2. The normalized spacial score (nSPS) is 11.5. The lowest BCUT2D eigenvalue weighted by molar-refractivity contribution is -0.140. The van der Waals surface area contributed by atoms with Gasteiger partial charge in [-0.25, -0.2) is 0 Å². The minimum absolute atomic E-state index is 0.147. The van der Waals surface area contributed by atoms with E-state index in [9.17, 15) is 9.59 Å². The van der Waals surface area contributed by atoms with Crippen LogP contribution in [0.25, 0.3) is 0 Å². The summed E-state index contributed by atoms with van der Waals surface area (Å²) in [5, 5.41) is 3.53. The topological polar surface area (TPSA) is 67.9 Å². The number of nitrogens with zero attached hydrogens (tertiary/aromatic N) is 1. The molecular weight excluding hydrogens is 464 g/mol. The first-order chi connectivity index (χ1) is 17.0. The van der Waals surface area contributed by atoms with Crippen LogP contribution in [0.1, 0.15) is 16.7 Å². The summed E-state index contributed by atoms with van der Waals surface area (Å²) in [5.74, 6) is 0.362. The number of nitrogens with one attached hydrogen (secondary N) is 1. The summed E-state index contributed by atoms with van der Waals surface area (Å²) < 4.78 is 10.3. The van der Waals surface area contributed by atoms with E-state index < -0.39 is 6.04 Å². The van der Waals surface area contributed by atoms with Gasteiger partial charge in [-0.15, -0.1) is 0 Å². The largest absolute Gasteiger partial charge is 0.497 e. The third-order valence-corrected chi connectivity index (χ3v) is 5.91. The van der Waals surface area contributed by atoms with Crippen molar-refractivity contribution in [3.05, 3.63) is 101 Å². The Hall–Kier alpha value is -3.35. The van der Waals surface area contributed by atoms with Gasteiger partial charge in [-0.1, -0.05) is 66.2 Å². The fourth-order valence-corrected chi connectivity index (χ4v) is 3.88. The van der Waals surface area contributed by atoms with Crippen molar-refractivity contribution in [2.45, 2.75) is 25.4 Å². The molecule has 0 aliphatic rings. The third kappa shape index (κ3) is 8.12. The molecule has 6 nitrogen and oxygen atoms in total. The van der Waals surface area contributed by atoms with Gasteiger partial charge in [0.1, 0.15) is 11.8 Å². The molecule has 1 atom stereocenters. The van der Waals surface area contributed by atoms with Crippen molar-refractivity contribution in [3.8, 4) is 5.75 Å². The van der Waals surface area contributed by atoms with E-state index in [1.807, 2.05) is 66.7 Å². The Morgan fingerprint density at radius 1 is 0.886 bits per heavy atom. The maximum absolute atomic E-state index is 13.7. The molecule has 2 amide bonds. The highest BCUT2D eigenvalue weighted by molar-refractivity contribution is 6.30. The summed E-state index contributed by atoms with van der Waals surface area (Å²) >= 11 is 6.02. The van der Waals surface area contributed by atoms with E-state index >= 15 is 0 Å². The zero-order chi connectivity index (χ0) is 25.0. The Kier molecular flexibility index (Phi) is 10.1. The molecule has 7 heteroatoms. The van der Waals surface area contributed by atoms with Crippen LogP contribution in [0.4, 0.5) is 0 Å². The second-order valence-electron chi connectivity index (χ2n) is 8.16. The molecule has 0 spiro atoms. The predicted octanol–water partition coefficient (Wildman–Crippen LogP) is 4.29. The zero-order valence-electron chi connectivity index (χ0n) is 20.1. The fraction of sp³-hybridized carbons (Fsp3) is 0.286. The number of carbonyl (C=O) groups is 2. The fourth-order valence-electron chi connectivity index (χ4n) is 3.75. The average molecular weight is 495 g/mol. The molecule has 0 radical (unpaired) electrons. The number of halogens is 1. The van der Waals surface area contributed by atoms with E-state index in [4.69, 9.17) is 21.1 Å². The van der Waals surface area contributed by atoms with E-state index in [1.165, 1.54) is 0 Å². The summed E-state index contributed by atoms with van der Waals surface area (Å²) in [6.45, 7) is 1.04. The van der Waals surface area contributed by atoms with Gasteiger partial charge in [-0.2, -0.15) is 0 Å². The molecule has 1 N–H and O–H groups in total. The molecular formula is C28H31ClN2O4. The zero-order valence-corrected chi connectivity index (χ0v) is 20.8. The number of carbonyl (C=O) groups excluding carboxylic acids is 2. The average Bonchev–Trinajstić information content (AvgIpc) is 2.88. The smallest absolute Gasteiger partial charge is 0.243 e. The lowest BCUT2D eigenvalue weighted by Crippen LogP contribution is -2.51. The lowest BCUT2D eigenvalue weighted by atomic mass is 10.0. The summed E-state index contributed by atoms with van der Waals surface area (Å²) in [6, 6.07) is 23.7. The van der Waals surface area contributed by atoms with Crippen molar-refractivity contribution < 1.29 is 19.1 Å². The standard InChI is InChI=1S/C28H31ClN2O4/c1-34-17-16-30-28(33)26(18-21-6-4-3-5-7-21)31(20-23-10-14-25(35-2)15-11-23)27(32)19-22-8-12-24(29)13-9-22/h3-15,26H,16-20H2,1-2H3,(H,30,33). The second kappa shape index (κ2) is 13.5. The lowest BCUT2D eigenvalue weighted by Gasteiger charge is -2.31. The Morgan fingerprint density at radius 3 is 2.17 bits per heavy atom. The maximum Gasteiger partial charge on any atom is 0.243 e. The molecule has 0 aromatic heterocycles. The van der Waals surface area contributed by atoms with E-state index in [2.05, 4.69) is 5.32 Å². The summed E-state index contributed by atoms with van der Waals surface area (Å²) in [6.07, 6.45) is 0.548. The van der Waals surface area contributed by atoms with Crippen molar-refractivity contribution in [3.63, 3.8) is 0 Å². The molecule has 184 valence electrons. The molecule has 3 aromatic carbocycles. The van der Waals surface area contributed by atoms with Crippen LogP contribution in [0.5, 0.6) is 5.75 Å². The minimum atomic E-state index is -0.698. The van der Waals surface area contributed by atoms with E-state index in [1.54, 1.807) is 31.3 Å². The van der Waals surface area contributed by atoms with Crippen LogP contribution in [0, 0.1) is 0 Å². The van der Waals surface area contributed by atoms with Crippen LogP contribution in [0.15, 0.2) is 78.9 Å². The highest BCUT2D eigenvalue weighted by Crippen LogP contribution is 2.19. The number of benzene rings is 3. The second-order valence-corrected chi connectivity index (χ2v) is 8.60. The Balaban J connectivity index is 1.92. The molecule has 0 heterocycles. The van der Waals surface area contributed by atoms with E-state index in [0.29, 0.717) is 24.6 Å². The highest BCUT2D eigenvalue weighted by Gasteiger charge is 2.30. The number of amides is 2. The quantitative estimate of drug-likeness (QED) is 0.381. The van der Waals surface area contributed by atoms with Crippen molar-refractivity contribution >= 4 is 23.4 Å². The predicted molar refractivity (Wildman–Crippen MR) is 138 cm³/mol. The van der Waals surface area contributed by atoms with Gasteiger partial charge in [0.05, 0.1) is 20.1 Å². The summed E-state index contributed by atoms with van der Waals surface area (Å²) in [7, 11) is 3.19. The number of methoxy groups -OCH3 is 2. The minimum Gasteiger partial charge on any atom is -0.497 e. The maximum atomic E-state index is 13.7. The first-order valence-corrected chi connectivity index (χ1v) is 11.9. The first kappa shape index (κ1) is 26.3. The molecule has 0 aliphatic heterocycles. The van der Waals surface area contributed by atoms with Gasteiger partial charge >= 0.3 is 0 Å². The van der Waals surface area contributed by atoms with Gasteiger partial charge in [0.25, 0.3) is 0 Å². The molecule has 1 unspecified atom stereocenters. The Labute approximate surface area is 211 Å². The van der Waals surface area contributed by atoms with E-state index in [0.717, 1.165) is 22.4 Å². The number of hydrogen-bond donors (Lipinski definition) is 1. The van der Waals surface area contributed by atoms with Crippen molar-refractivity contribution in [2.24, 2.45) is 0 Å². The van der Waals surface area contributed by atoms with Crippen LogP contribution >= 0.6 is 11.6 Å². The molecule has 0 aliphatic carbocycles. The van der Waals surface area contributed by atoms with Crippen LogP contribution in [0.2, 0.25) is 5.02 Å².